The number of fused-ring (bicyclic) bond motifs is 1. The zero-order valence-electron chi connectivity index (χ0n) is 18.5. The standard InChI is InChI=1S/C26H23Cl2N3O2S/c1-17-6-8-18(9-7-17)26(33)29-12-13-31-15-24(20-4-2-3-5-23(20)31)34-16-25(32)30-19-10-11-21(27)22(28)14-19/h2-11,14-15H,12-13,16H2,1H3,(H,29,33)(H,30,32). The van der Waals surface area contributed by atoms with Crippen LogP contribution in [0.15, 0.2) is 77.8 Å². The lowest BCUT2D eigenvalue weighted by Crippen LogP contribution is -2.27. The normalized spacial score (nSPS) is 10.9. The summed E-state index contributed by atoms with van der Waals surface area (Å²) in [7, 11) is 0. The number of amides is 2. The van der Waals surface area contributed by atoms with Crippen molar-refractivity contribution in [3.63, 3.8) is 0 Å². The highest BCUT2D eigenvalue weighted by molar-refractivity contribution is 8.00. The maximum Gasteiger partial charge on any atom is 0.251 e. The molecule has 3 aromatic carbocycles. The van der Waals surface area contributed by atoms with Gasteiger partial charge in [0.1, 0.15) is 0 Å². The molecule has 8 heteroatoms. The SMILES string of the molecule is Cc1ccc(C(=O)NCCn2cc(SCC(=O)Nc3ccc(Cl)c(Cl)c3)c3ccccc32)cc1. The van der Waals surface area contributed by atoms with Gasteiger partial charge in [0.25, 0.3) is 5.91 Å². The first-order chi connectivity index (χ1) is 16.4. The van der Waals surface area contributed by atoms with E-state index in [9.17, 15) is 9.59 Å². The van der Waals surface area contributed by atoms with Crippen molar-refractivity contribution in [2.75, 3.05) is 17.6 Å². The van der Waals surface area contributed by atoms with E-state index in [-0.39, 0.29) is 17.6 Å². The van der Waals surface area contributed by atoms with Gasteiger partial charge in [-0.3, -0.25) is 9.59 Å². The molecule has 0 aliphatic rings. The second-order valence-corrected chi connectivity index (χ2v) is 9.62. The Balaban J connectivity index is 1.38. The minimum atomic E-state index is -0.134. The summed E-state index contributed by atoms with van der Waals surface area (Å²) in [6.45, 7) is 3.10. The number of hydrogen-bond donors (Lipinski definition) is 2. The Labute approximate surface area is 212 Å². The number of aromatic nitrogens is 1. The van der Waals surface area contributed by atoms with Crippen LogP contribution in [0.3, 0.4) is 0 Å². The van der Waals surface area contributed by atoms with E-state index in [1.165, 1.54) is 11.8 Å². The Bertz CT molecular complexity index is 1340. The van der Waals surface area contributed by atoms with Gasteiger partial charge in [-0.15, -0.1) is 11.8 Å². The van der Waals surface area contributed by atoms with Crippen LogP contribution in [0.1, 0.15) is 15.9 Å². The van der Waals surface area contributed by atoms with Gasteiger partial charge in [-0.25, -0.2) is 0 Å². The van der Waals surface area contributed by atoms with Crippen molar-refractivity contribution in [2.24, 2.45) is 0 Å². The van der Waals surface area contributed by atoms with Crippen LogP contribution >= 0.6 is 35.0 Å². The van der Waals surface area contributed by atoms with Crippen molar-refractivity contribution in [1.29, 1.82) is 0 Å². The number of aryl methyl sites for hydroxylation is 1. The molecule has 0 spiro atoms. The number of nitrogens with one attached hydrogen (secondary N) is 2. The van der Waals surface area contributed by atoms with E-state index < -0.39 is 0 Å². The van der Waals surface area contributed by atoms with Gasteiger partial charge >= 0.3 is 0 Å². The van der Waals surface area contributed by atoms with Gasteiger partial charge in [0, 0.05) is 46.3 Å². The van der Waals surface area contributed by atoms with Gasteiger partial charge in [0.15, 0.2) is 0 Å². The van der Waals surface area contributed by atoms with Gasteiger partial charge in [-0.1, -0.05) is 59.1 Å². The lowest BCUT2D eigenvalue weighted by atomic mass is 10.1. The van der Waals surface area contributed by atoms with Crippen LogP contribution in [0.4, 0.5) is 5.69 Å². The minimum Gasteiger partial charge on any atom is -0.350 e. The lowest BCUT2D eigenvalue weighted by Gasteiger charge is -2.08. The van der Waals surface area contributed by atoms with E-state index in [1.54, 1.807) is 18.2 Å². The van der Waals surface area contributed by atoms with E-state index >= 15 is 0 Å². The van der Waals surface area contributed by atoms with E-state index in [0.29, 0.717) is 34.4 Å². The number of anilines is 1. The number of nitrogens with zero attached hydrogens (tertiary/aromatic N) is 1. The molecule has 0 aliphatic carbocycles. The van der Waals surface area contributed by atoms with E-state index in [4.69, 9.17) is 23.2 Å². The number of carbonyl (C=O) groups excluding carboxylic acids is 2. The molecule has 0 bridgehead atoms. The molecule has 0 unspecified atom stereocenters. The smallest absolute Gasteiger partial charge is 0.251 e. The number of thioether (sulfide) groups is 1. The predicted octanol–water partition coefficient (Wildman–Crippen LogP) is 6.42. The third-order valence-corrected chi connectivity index (χ3v) is 7.05. The Morgan fingerprint density at radius 1 is 0.971 bits per heavy atom. The summed E-state index contributed by atoms with van der Waals surface area (Å²) in [4.78, 5) is 25.9. The molecule has 0 saturated carbocycles. The monoisotopic (exact) mass is 511 g/mol. The molecular weight excluding hydrogens is 489 g/mol. The Morgan fingerprint density at radius 3 is 2.50 bits per heavy atom. The summed E-state index contributed by atoms with van der Waals surface area (Å²) in [6.07, 6.45) is 2.03. The second kappa shape index (κ2) is 11.0. The summed E-state index contributed by atoms with van der Waals surface area (Å²) >= 11 is 13.4. The maximum atomic E-state index is 12.5. The van der Waals surface area contributed by atoms with Crippen LogP contribution in [0.25, 0.3) is 10.9 Å². The molecule has 34 heavy (non-hydrogen) atoms. The molecule has 0 radical (unpaired) electrons. The molecule has 2 amide bonds. The number of rotatable bonds is 8. The maximum absolute atomic E-state index is 12.5. The molecule has 1 heterocycles. The largest absolute Gasteiger partial charge is 0.350 e. The zero-order valence-corrected chi connectivity index (χ0v) is 20.8. The van der Waals surface area contributed by atoms with Gasteiger partial charge < -0.3 is 15.2 Å². The van der Waals surface area contributed by atoms with Gasteiger partial charge in [0.05, 0.1) is 15.8 Å². The topological polar surface area (TPSA) is 63.1 Å². The molecule has 4 aromatic rings. The molecule has 0 aliphatic heterocycles. The number of benzene rings is 3. The molecule has 4 rings (SSSR count). The third kappa shape index (κ3) is 5.95. The molecule has 1 aromatic heterocycles. The van der Waals surface area contributed by atoms with E-state index in [1.807, 2.05) is 61.7 Å². The molecule has 2 N–H and O–H groups in total. The van der Waals surface area contributed by atoms with Crippen molar-refractivity contribution in [3.05, 3.63) is 94.1 Å². The number of para-hydroxylation sites is 1. The van der Waals surface area contributed by atoms with Gasteiger partial charge in [-0.2, -0.15) is 0 Å². The number of hydrogen-bond acceptors (Lipinski definition) is 3. The van der Waals surface area contributed by atoms with Crippen LogP contribution in [-0.4, -0.2) is 28.7 Å². The van der Waals surface area contributed by atoms with Crippen LogP contribution in [0.2, 0.25) is 10.0 Å². The number of carbonyl (C=O) groups is 2. The Kier molecular flexibility index (Phi) is 7.83. The van der Waals surface area contributed by atoms with Crippen LogP contribution in [0.5, 0.6) is 0 Å². The zero-order chi connectivity index (χ0) is 24.1. The van der Waals surface area contributed by atoms with Crippen LogP contribution in [-0.2, 0) is 11.3 Å². The second-order valence-electron chi connectivity index (χ2n) is 7.79. The summed E-state index contributed by atoms with van der Waals surface area (Å²) in [5, 5.41) is 7.72. The minimum absolute atomic E-state index is 0.0926. The molecule has 0 atom stereocenters. The number of halogens is 2. The van der Waals surface area contributed by atoms with Gasteiger partial charge in [-0.05, 0) is 43.3 Å². The highest BCUT2D eigenvalue weighted by atomic mass is 35.5. The first-order valence-electron chi connectivity index (χ1n) is 10.7. The van der Waals surface area contributed by atoms with Crippen LogP contribution < -0.4 is 10.6 Å². The van der Waals surface area contributed by atoms with Gasteiger partial charge in [0.2, 0.25) is 5.91 Å². The van der Waals surface area contributed by atoms with E-state index in [0.717, 1.165) is 21.4 Å². The molecule has 0 saturated heterocycles. The predicted molar refractivity (Wildman–Crippen MR) is 141 cm³/mol. The molecule has 5 nitrogen and oxygen atoms in total. The van der Waals surface area contributed by atoms with Crippen LogP contribution in [0, 0.1) is 6.92 Å². The highest BCUT2D eigenvalue weighted by Crippen LogP contribution is 2.30. The molecular formula is C26H23Cl2N3O2S. The van der Waals surface area contributed by atoms with Crippen molar-refractivity contribution in [3.8, 4) is 0 Å². The molecule has 174 valence electrons. The van der Waals surface area contributed by atoms with Crippen molar-refractivity contribution >= 4 is 63.4 Å². The summed E-state index contributed by atoms with van der Waals surface area (Å²) in [6, 6.07) is 20.5. The van der Waals surface area contributed by atoms with Crippen molar-refractivity contribution < 1.29 is 9.59 Å². The quantitative estimate of drug-likeness (QED) is 0.268. The average molecular weight is 512 g/mol. The fraction of sp³-hybridized carbons (Fsp3) is 0.154. The lowest BCUT2D eigenvalue weighted by molar-refractivity contribution is -0.113. The summed E-state index contributed by atoms with van der Waals surface area (Å²) in [5.41, 5.74) is 3.42. The highest BCUT2D eigenvalue weighted by Gasteiger charge is 2.12. The fourth-order valence-corrected chi connectivity index (χ4v) is 4.71. The average Bonchev–Trinajstić information content (AvgIpc) is 3.18. The fourth-order valence-electron chi connectivity index (χ4n) is 3.52. The first-order valence-corrected chi connectivity index (χ1v) is 12.5. The first kappa shape index (κ1) is 24.2. The van der Waals surface area contributed by atoms with Crippen molar-refractivity contribution in [2.45, 2.75) is 18.4 Å². The van der Waals surface area contributed by atoms with Crippen molar-refractivity contribution in [1.82, 2.24) is 9.88 Å². The third-order valence-electron chi connectivity index (χ3n) is 5.27. The Morgan fingerprint density at radius 2 is 1.74 bits per heavy atom. The van der Waals surface area contributed by atoms with E-state index in [2.05, 4.69) is 15.2 Å². The summed E-state index contributed by atoms with van der Waals surface area (Å²) < 4.78 is 2.10. The summed E-state index contributed by atoms with van der Waals surface area (Å²) in [5.74, 6) is 0.0221. The Hall–Kier alpha value is -2.93. The molecule has 0 fully saturated rings.